The molecule has 1 atom stereocenters. The van der Waals surface area contributed by atoms with Crippen LogP contribution in [0, 0.1) is 0 Å². The third kappa shape index (κ3) is 2.84. The molecule has 0 amide bonds. The fourth-order valence-electron chi connectivity index (χ4n) is 0.675. The smallest absolute Gasteiger partial charge is 0.323 e. The van der Waals surface area contributed by atoms with Crippen molar-refractivity contribution in [2.75, 3.05) is 13.2 Å². The molecule has 0 aliphatic carbocycles. The van der Waals surface area contributed by atoms with Gasteiger partial charge >= 0.3 is 5.97 Å². The molecule has 0 spiro atoms. The van der Waals surface area contributed by atoms with E-state index in [-0.39, 0.29) is 6.54 Å². The van der Waals surface area contributed by atoms with E-state index in [1.165, 1.54) is 0 Å². The second kappa shape index (κ2) is 4.28. The minimum atomic E-state index is -0.980. The van der Waals surface area contributed by atoms with Gasteiger partial charge in [0.1, 0.15) is 12.2 Å². The van der Waals surface area contributed by atoms with Crippen molar-refractivity contribution >= 4 is 5.97 Å². The van der Waals surface area contributed by atoms with Crippen LogP contribution in [-0.4, -0.2) is 29.8 Å². The summed E-state index contributed by atoms with van der Waals surface area (Å²) in [5.41, 5.74) is -0.980. The van der Waals surface area contributed by atoms with Crippen molar-refractivity contribution in [2.24, 2.45) is 0 Å². The molecule has 11 heavy (non-hydrogen) atoms. The van der Waals surface area contributed by atoms with Gasteiger partial charge in [0, 0.05) is 6.54 Å². The Labute approximate surface area is 65.6 Å². The molecule has 3 nitrogen and oxygen atoms in total. The van der Waals surface area contributed by atoms with Gasteiger partial charge in [0.25, 0.3) is 0 Å². The maximum Gasteiger partial charge on any atom is 0.323 e. The topological polar surface area (TPSA) is 49.3 Å². The highest BCUT2D eigenvalue weighted by Crippen LogP contribution is 2.08. The van der Waals surface area contributed by atoms with Crippen LogP contribution >= 0.6 is 0 Å². The standard InChI is InChI=1S/C7H14FNO2/c1-3-7(2,6(10)11)9-5-4-8/h9H,3-5H2,1-2H3,(H,10,11). The van der Waals surface area contributed by atoms with Crippen LogP contribution < -0.4 is 5.32 Å². The predicted molar refractivity (Wildman–Crippen MR) is 40.3 cm³/mol. The summed E-state index contributed by atoms with van der Waals surface area (Å²) in [7, 11) is 0. The molecule has 0 aliphatic rings. The first-order valence-electron chi connectivity index (χ1n) is 3.61. The molecule has 0 saturated heterocycles. The zero-order valence-electron chi connectivity index (χ0n) is 6.85. The third-order valence-electron chi connectivity index (χ3n) is 1.79. The number of carbonyl (C=O) groups is 1. The lowest BCUT2D eigenvalue weighted by Crippen LogP contribution is -2.49. The molecular weight excluding hydrogens is 149 g/mol. The van der Waals surface area contributed by atoms with Crippen LogP contribution in [-0.2, 0) is 4.79 Å². The van der Waals surface area contributed by atoms with Gasteiger partial charge in [0.05, 0.1) is 0 Å². The van der Waals surface area contributed by atoms with Crippen molar-refractivity contribution < 1.29 is 14.3 Å². The lowest BCUT2D eigenvalue weighted by molar-refractivity contribution is -0.144. The van der Waals surface area contributed by atoms with Crippen molar-refractivity contribution in [2.45, 2.75) is 25.8 Å². The molecule has 0 aromatic heterocycles. The molecular formula is C7H14FNO2. The molecule has 1 unspecified atom stereocenters. The van der Waals surface area contributed by atoms with Gasteiger partial charge in [0.2, 0.25) is 0 Å². The minimum absolute atomic E-state index is 0.0939. The zero-order chi connectivity index (χ0) is 8.91. The molecule has 0 aliphatic heterocycles. The first-order valence-corrected chi connectivity index (χ1v) is 3.61. The van der Waals surface area contributed by atoms with Crippen molar-refractivity contribution in [1.82, 2.24) is 5.32 Å². The Morgan fingerprint density at radius 3 is 2.55 bits per heavy atom. The second-order valence-electron chi connectivity index (χ2n) is 2.61. The number of halogens is 1. The van der Waals surface area contributed by atoms with E-state index in [1.807, 2.05) is 0 Å². The predicted octanol–water partition coefficient (Wildman–Crippen LogP) is 0.799. The molecule has 0 radical (unpaired) electrons. The third-order valence-corrected chi connectivity index (χ3v) is 1.79. The van der Waals surface area contributed by atoms with E-state index >= 15 is 0 Å². The summed E-state index contributed by atoms with van der Waals surface area (Å²) in [6.07, 6.45) is 0.447. The molecule has 0 saturated carbocycles. The highest BCUT2D eigenvalue weighted by Gasteiger charge is 2.29. The number of hydrogen-bond donors (Lipinski definition) is 2. The molecule has 0 bridgehead atoms. The number of hydrogen-bond acceptors (Lipinski definition) is 2. The van der Waals surface area contributed by atoms with Gasteiger partial charge in [0.15, 0.2) is 0 Å². The average Bonchev–Trinajstić information content (AvgIpc) is 2.00. The van der Waals surface area contributed by atoms with Crippen molar-refractivity contribution in [3.63, 3.8) is 0 Å². The fourth-order valence-corrected chi connectivity index (χ4v) is 0.675. The maximum absolute atomic E-state index is 11.7. The largest absolute Gasteiger partial charge is 0.480 e. The van der Waals surface area contributed by atoms with Crippen LogP contribution in [0.5, 0.6) is 0 Å². The molecule has 0 heterocycles. The Hall–Kier alpha value is -0.640. The SMILES string of the molecule is CCC(C)(NCCF)C(=O)O. The first-order chi connectivity index (χ1) is 5.06. The van der Waals surface area contributed by atoms with E-state index in [9.17, 15) is 9.18 Å². The molecule has 0 fully saturated rings. The number of nitrogens with one attached hydrogen (secondary N) is 1. The van der Waals surface area contributed by atoms with Crippen LogP contribution in [0.1, 0.15) is 20.3 Å². The van der Waals surface area contributed by atoms with Gasteiger partial charge in [-0.25, -0.2) is 4.39 Å². The molecule has 66 valence electrons. The summed E-state index contributed by atoms with van der Waals surface area (Å²) < 4.78 is 11.7. The number of alkyl halides is 1. The summed E-state index contributed by atoms with van der Waals surface area (Å²) >= 11 is 0. The van der Waals surface area contributed by atoms with Gasteiger partial charge in [-0.05, 0) is 13.3 Å². The Kier molecular flexibility index (Phi) is 4.03. The molecule has 0 rings (SSSR count). The highest BCUT2D eigenvalue weighted by molar-refractivity contribution is 5.78. The summed E-state index contributed by atoms with van der Waals surface area (Å²) in [5.74, 6) is -0.937. The van der Waals surface area contributed by atoms with Crippen molar-refractivity contribution in [3.8, 4) is 0 Å². The number of carboxylic acids is 1. The van der Waals surface area contributed by atoms with Gasteiger partial charge < -0.3 is 5.11 Å². The van der Waals surface area contributed by atoms with E-state index < -0.39 is 18.2 Å². The van der Waals surface area contributed by atoms with Crippen LogP contribution in [0.25, 0.3) is 0 Å². The Bertz CT molecular complexity index is 140. The Balaban J connectivity index is 3.99. The van der Waals surface area contributed by atoms with E-state index in [0.29, 0.717) is 6.42 Å². The number of carboxylic acid groups (broad SMARTS) is 1. The summed E-state index contributed by atoms with van der Waals surface area (Å²) in [6.45, 7) is 2.85. The molecule has 0 aromatic rings. The molecule has 2 N–H and O–H groups in total. The van der Waals surface area contributed by atoms with Crippen LogP contribution in [0.3, 0.4) is 0 Å². The van der Waals surface area contributed by atoms with Crippen LogP contribution in [0.15, 0.2) is 0 Å². The molecule has 0 aromatic carbocycles. The molecule has 4 heteroatoms. The van der Waals surface area contributed by atoms with Gasteiger partial charge in [-0.3, -0.25) is 10.1 Å². The average molecular weight is 163 g/mol. The summed E-state index contributed by atoms with van der Waals surface area (Å²) in [6, 6.07) is 0. The number of rotatable bonds is 5. The first kappa shape index (κ1) is 10.4. The second-order valence-corrected chi connectivity index (χ2v) is 2.61. The normalized spacial score (nSPS) is 15.9. The van der Waals surface area contributed by atoms with Crippen LogP contribution in [0.2, 0.25) is 0 Å². The van der Waals surface area contributed by atoms with E-state index in [1.54, 1.807) is 13.8 Å². The Morgan fingerprint density at radius 2 is 2.27 bits per heavy atom. The van der Waals surface area contributed by atoms with Crippen molar-refractivity contribution in [1.29, 1.82) is 0 Å². The Morgan fingerprint density at radius 1 is 1.73 bits per heavy atom. The minimum Gasteiger partial charge on any atom is -0.480 e. The highest BCUT2D eigenvalue weighted by atomic mass is 19.1. The summed E-state index contributed by atoms with van der Waals surface area (Å²) in [4.78, 5) is 10.6. The van der Waals surface area contributed by atoms with Gasteiger partial charge in [-0.15, -0.1) is 0 Å². The summed E-state index contributed by atoms with van der Waals surface area (Å²) in [5, 5.41) is 11.3. The van der Waals surface area contributed by atoms with E-state index in [4.69, 9.17) is 5.11 Å². The van der Waals surface area contributed by atoms with Gasteiger partial charge in [-0.2, -0.15) is 0 Å². The maximum atomic E-state index is 11.7. The monoisotopic (exact) mass is 163 g/mol. The van der Waals surface area contributed by atoms with Crippen molar-refractivity contribution in [3.05, 3.63) is 0 Å². The lowest BCUT2D eigenvalue weighted by atomic mass is 9.99. The number of aliphatic carboxylic acids is 1. The quantitative estimate of drug-likeness (QED) is 0.630. The van der Waals surface area contributed by atoms with Gasteiger partial charge in [-0.1, -0.05) is 6.92 Å². The van der Waals surface area contributed by atoms with E-state index in [0.717, 1.165) is 0 Å². The van der Waals surface area contributed by atoms with Crippen LogP contribution in [0.4, 0.5) is 4.39 Å². The lowest BCUT2D eigenvalue weighted by Gasteiger charge is -2.23. The van der Waals surface area contributed by atoms with E-state index in [2.05, 4.69) is 5.32 Å². The zero-order valence-corrected chi connectivity index (χ0v) is 6.85. The fraction of sp³-hybridized carbons (Fsp3) is 0.857.